The fourth-order valence-electron chi connectivity index (χ4n) is 1.79. The zero-order valence-corrected chi connectivity index (χ0v) is 10.9. The summed E-state index contributed by atoms with van der Waals surface area (Å²) in [4.78, 5) is 16.3. The van der Waals surface area contributed by atoms with Crippen molar-refractivity contribution >= 4 is 27.0 Å². The molecule has 84 valence electrons. The summed E-state index contributed by atoms with van der Waals surface area (Å²) in [5, 5.41) is 0. The van der Waals surface area contributed by atoms with Gasteiger partial charge >= 0.3 is 0 Å². The topological polar surface area (TPSA) is 34.9 Å². The Kier molecular flexibility index (Phi) is 3.10. The van der Waals surface area contributed by atoms with Crippen molar-refractivity contribution in [1.82, 2.24) is 9.55 Å². The van der Waals surface area contributed by atoms with E-state index in [2.05, 4.69) is 27.8 Å². The van der Waals surface area contributed by atoms with Crippen LogP contribution in [0.5, 0.6) is 0 Å². The van der Waals surface area contributed by atoms with Gasteiger partial charge in [-0.05, 0) is 31.5 Å². The fourth-order valence-corrected chi connectivity index (χ4v) is 2.14. The minimum absolute atomic E-state index is 0.0108. The van der Waals surface area contributed by atoms with Crippen LogP contribution in [-0.2, 0) is 6.54 Å². The molecule has 0 aliphatic rings. The average Bonchev–Trinajstić information content (AvgIpc) is 2.24. The van der Waals surface area contributed by atoms with Crippen LogP contribution in [0.4, 0.5) is 0 Å². The molecule has 1 aromatic heterocycles. The van der Waals surface area contributed by atoms with E-state index in [-0.39, 0.29) is 5.56 Å². The maximum Gasteiger partial charge on any atom is 0.272 e. The van der Waals surface area contributed by atoms with Crippen molar-refractivity contribution in [3.63, 3.8) is 0 Å². The predicted molar refractivity (Wildman–Crippen MR) is 68.7 cm³/mol. The zero-order chi connectivity index (χ0) is 11.7. The summed E-state index contributed by atoms with van der Waals surface area (Å²) in [5.41, 5.74) is 2.33. The van der Waals surface area contributed by atoms with Gasteiger partial charge in [0.1, 0.15) is 5.69 Å². The van der Waals surface area contributed by atoms with Crippen LogP contribution in [0.15, 0.2) is 27.5 Å². The lowest BCUT2D eigenvalue weighted by Crippen LogP contribution is -2.23. The molecule has 1 aromatic carbocycles. The van der Waals surface area contributed by atoms with Gasteiger partial charge < -0.3 is 4.57 Å². The van der Waals surface area contributed by atoms with Crippen molar-refractivity contribution in [2.45, 2.75) is 26.8 Å². The van der Waals surface area contributed by atoms with Crippen LogP contribution in [0.25, 0.3) is 11.0 Å². The van der Waals surface area contributed by atoms with Crippen molar-refractivity contribution in [2.24, 2.45) is 0 Å². The second-order valence-corrected chi connectivity index (χ2v) is 4.70. The standard InChI is InChI=1S/C12H13BrN2O/c1-3-6-15-11-5-4-9(13)7-10(11)14-8(2)12(15)16/h4-5,7H,3,6H2,1-2H3. The highest BCUT2D eigenvalue weighted by molar-refractivity contribution is 9.10. The normalized spacial score (nSPS) is 10.9. The number of halogens is 1. The molecule has 0 spiro atoms. The molecule has 0 saturated carbocycles. The Morgan fingerprint density at radius 2 is 2.19 bits per heavy atom. The van der Waals surface area contributed by atoms with E-state index in [1.165, 1.54) is 0 Å². The molecule has 0 amide bonds. The van der Waals surface area contributed by atoms with Gasteiger partial charge in [0.05, 0.1) is 11.0 Å². The number of fused-ring (bicyclic) bond motifs is 1. The fraction of sp³-hybridized carbons (Fsp3) is 0.333. The highest BCUT2D eigenvalue weighted by atomic mass is 79.9. The van der Waals surface area contributed by atoms with Crippen LogP contribution >= 0.6 is 15.9 Å². The number of rotatable bonds is 2. The van der Waals surface area contributed by atoms with E-state index in [9.17, 15) is 4.79 Å². The molecular formula is C12H13BrN2O. The summed E-state index contributed by atoms with van der Waals surface area (Å²) in [5.74, 6) is 0. The second kappa shape index (κ2) is 4.37. The van der Waals surface area contributed by atoms with E-state index < -0.39 is 0 Å². The van der Waals surface area contributed by atoms with Crippen LogP contribution in [0.1, 0.15) is 19.0 Å². The Hall–Kier alpha value is -1.16. The zero-order valence-electron chi connectivity index (χ0n) is 9.33. The lowest BCUT2D eigenvalue weighted by Gasteiger charge is -2.09. The first-order valence-electron chi connectivity index (χ1n) is 5.30. The van der Waals surface area contributed by atoms with Crippen molar-refractivity contribution in [3.05, 3.63) is 38.7 Å². The first-order chi connectivity index (χ1) is 7.63. The van der Waals surface area contributed by atoms with Gasteiger partial charge in [-0.2, -0.15) is 0 Å². The lowest BCUT2D eigenvalue weighted by molar-refractivity contribution is 0.669. The number of hydrogen-bond acceptors (Lipinski definition) is 2. The third kappa shape index (κ3) is 1.89. The number of hydrogen-bond donors (Lipinski definition) is 0. The molecule has 0 atom stereocenters. The van der Waals surface area contributed by atoms with Crippen LogP contribution in [-0.4, -0.2) is 9.55 Å². The van der Waals surface area contributed by atoms with Crippen LogP contribution in [0.3, 0.4) is 0 Å². The molecule has 0 N–H and O–H groups in total. The first-order valence-corrected chi connectivity index (χ1v) is 6.09. The molecule has 0 aliphatic carbocycles. The lowest BCUT2D eigenvalue weighted by atomic mass is 10.2. The third-order valence-electron chi connectivity index (χ3n) is 2.52. The number of aromatic nitrogens is 2. The van der Waals surface area contributed by atoms with Gasteiger partial charge in [-0.15, -0.1) is 0 Å². The van der Waals surface area contributed by atoms with Crippen molar-refractivity contribution in [3.8, 4) is 0 Å². The Morgan fingerprint density at radius 1 is 1.44 bits per heavy atom. The van der Waals surface area contributed by atoms with E-state index in [1.54, 1.807) is 11.5 Å². The quantitative estimate of drug-likeness (QED) is 0.848. The molecule has 16 heavy (non-hydrogen) atoms. The molecule has 2 rings (SSSR count). The highest BCUT2D eigenvalue weighted by Gasteiger charge is 2.07. The van der Waals surface area contributed by atoms with E-state index in [0.717, 1.165) is 28.5 Å². The number of benzene rings is 1. The third-order valence-corrected chi connectivity index (χ3v) is 3.01. The van der Waals surface area contributed by atoms with Gasteiger partial charge in [-0.3, -0.25) is 4.79 Å². The summed E-state index contributed by atoms with van der Waals surface area (Å²) in [6.45, 7) is 4.56. The monoisotopic (exact) mass is 280 g/mol. The van der Waals surface area contributed by atoms with Gasteiger partial charge in [0.25, 0.3) is 5.56 Å². The SMILES string of the molecule is CCCn1c(=O)c(C)nc2cc(Br)ccc21. The van der Waals surface area contributed by atoms with Gasteiger partial charge in [-0.1, -0.05) is 22.9 Å². The molecule has 4 heteroatoms. The molecule has 0 unspecified atom stereocenters. The summed E-state index contributed by atoms with van der Waals surface area (Å²) in [6.07, 6.45) is 0.939. The molecule has 0 aliphatic heterocycles. The smallest absolute Gasteiger partial charge is 0.272 e. The predicted octanol–water partition coefficient (Wildman–Crippen LogP) is 2.88. The average molecular weight is 281 g/mol. The van der Waals surface area contributed by atoms with Crippen molar-refractivity contribution in [2.75, 3.05) is 0 Å². The number of nitrogens with zero attached hydrogens (tertiary/aromatic N) is 2. The summed E-state index contributed by atoms with van der Waals surface area (Å²) < 4.78 is 2.78. The molecule has 0 fully saturated rings. The first kappa shape index (κ1) is 11.3. The minimum Gasteiger partial charge on any atom is -0.305 e. The van der Waals surface area contributed by atoms with Crippen LogP contribution < -0.4 is 5.56 Å². The second-order valence-electron chi connectivity index (χ2n) is 3.79. The van der Waals surface area contributed by atoms with E-state index >= 15 is 0 Å². The minimum atomic E-state index is 0.0108. The van der Waals surface area contributed by atoms with Gasteiger partial charge in [0.2, 0.25) is 0 Å². The largest absolute Gasteiger partial charge is 0.305 e. The van der Waals surface area contributed by atoms with Crippen molar-refractivity contribution < 1.29 is 0 Å². The summed E-state index contributed by atoms with van der Waals surface area (Å²) >= 11 is 3.41. The Bertz CT molecular complexity index is 589. The maximum atomic E-state index is 11.9. The Morgan fingerprint density at radius 3 is 2.88 bits per heavy atom. The van der Waals surface area contributed by atoms with Crippen LogP contribution in [0.2, 0.25) is 0 Å². The molecule has 0 saturated heterocycles. The summed E-state index contributed by atoms with van der Waals surface area (Å²) in [7, 11) is 0. The highest BCUT2D eigenvalue weighted by Crippen LogP contribution is 2.17. The molecule has 0 radical (unpaired) electrons. The van der Waals surface area contributed by atoms with Gasteiger partial charge in [0, 0.05) is 11.0 Å². The van der Waals surface area contributed by atoms with E-state index in [0.29, 0.717) is 5.69 Å². The summed E-state index contributed by atoms with van der Waals surface area (Å²) in [6, 6.07) is 5.81. The Labute approximate surface area is 102 Å². The van der Waals surface area contributed by atoms with Crippen molar-refractivity contribution in [1.29, 1.82) is 0 Å². The molecule has 2 aromatic rings. The van der Waals surface area contributed by atoms with E-state index in [4.69, 9.17) is 0 Å². The molecule has 3 nitrogen and oxygen atoms in total. The number of aryl methyl sites for hydroxylation is 2. The van der Waals surface area contributed by atoms with Gasteiger partial charge in [-0.25, -0.2) is 4.98 Å². The molecule has 0 bridgehead atoms. The van der Waals surface area contributed by atoms with Crippen LogP contribution in [0, 0.1) is 6.92 Å². The maximum absolute atomic E-state index is 11.9. The van der Waals surface area contributed by atoms with E-state index in [1.807, 2.05) is 18.2 Å². The Balaban J connectivity index is 2.83. The molecular weight excluding hydrogens is 268 g/mol. The molecule has 1 heterocycles. The van der Waals surface area contributed by atoms with Gasteiger partial charge in [0.15, 0.2) is 0 Å².